The number of nitrogens with one attached hydrogen (secondary N) is 1. The van der Waals surface area contributed by atoms with Gasteiger partial charge in [0.15, 0.2) is 0 Å². The molecule has 0 radical (unpaired) electrons. The Morgan fingerprint density at radius 3 is 2.83 bits per heavy atom. The van der Waals surface area contributed by atoms with Crippen molar-refractivity contribution >= 4 is 34.5 Å². The Morgan fingerprint density at radius 2 is 2.09 bits per heavy atom. The maximum absolute atomic E-state index is 12.8. The number of para-hydroxylation sites is 1. The molecule has 0 saturated carbocycles. The maximum atomic E-state index is 12.8. The lowest BCUT2D eigenvalue weighted by atomic mass is 10.1. The number of aromatic nitrogens is 1. The fourth-order valence-electron chi connectivity index (χ4n) is 3.01. The second-order valence-corrected chi connectivity index (χ2v) is 7.06. The number of fused-ring (bicyclic) bond motifs is 1. The zero-order valence-corrected chi connectivity index (χ0v) is 14.4. The third-order valence-electron chi connectivity index (χ3n) is 4.28. The van der Waals surface area contributed by atoms with Crippen LogP contribution in [0.15, 0.2) is 24.3 Å². The second kappa shape index (κ2) is 6.28. The molecule has 1 aliphatic rings. The number of H-pyrrole nitrogens is 1. The van der Waals surface area contributed by atoms with Crippen molar-refractivity contribution in [3.63, 3.8) is 0 Å². The molecule has 122 valence electrons. The highest BCUT2D eigenvalue weighted by Gasteiger charge is 2.35. The first kappa shape index (κ1) is 15.9. The lowest BCUT2D eigenvalue weighted by Gasteiger charge is -2.25. The minimum atomic E-state index is -0.340. The van der Waals surface area contributed by atoms with Gasteiger partial charge >= 0.3 is 0 Å². The van der Waals surface area contributed by atoms with Crippen LogP contribution in [0.25, 0.3) is 10.9 Å². The van der Waals surface area contributed by atoms with Crippen molar-refractivity contribution in [1.82, 2.24) is 14.8 Å². The average Bonchev–Trinajstić information content (AvgIpc) is 3.12. The molecule has 3 rings (SSSR count). The highest BCUT2D eigenvalue weighted by atomic mass is 32.2. The molecule has 0 bridgehead atoms. The van der Waals surface area contributed by atoms with E-state index < -0.39 is 0 Å². The molecule has 1 aromatic heterocycles. The number of nitrogens with zero attached hydrogens (tertiary/aromatic N) is 2. The molecule has 1 saturated heterocycles. The van der Waals surface area contributed by atoms with E-state index in [1.165, 1.54) is 0 Å². The Kier molecular flexibility index (Phi) is 4.35. The van der Waals surface area contributed by atoms with E-state index in [0.29, 0.717) is 18.1 Å². The summed E-state index contributed by atoms with van der Waals surface area (Å²) in [4.78, 5) is 31.6. The number of hydrogen-bond acceptors (Lipinski definition) is 3. The predicted octanol–water partition coefficient (Wildman–Crippen LogP) is 2.01. The standard InChI is InChI=1S/C17H21N3O2S/c1-11-13(12-6-4-5-7-14(12)18-11)8-16(21)20-10-23-9-15(20)17(22)19(2)3/h4-7,15,18H,8-10H2,1-3H3/t15-/m0/s1. The minimum Gasteiger partial charge on any atom is -0.358 e. The van der Waals surface area contributed by atoms with Gasteiger partial charge < -0.3 is 14.8 Å². The molecule has 2 heterocycles. The summed E-state index contributed by atoms with van der Waals surface area (Å²) in [5.74, 6) is 1.28. The largest absolute Gasteiger partial charge is 0.358 e. The van der Waals surface area contributed by atoms with E-state index in [2.05, 4.69) is 4.98 Å². The second-order valence-electron chi connectivity index (χ2n) is 6.06. The third-order valence-corrected chi connectivity index (χ3v) is 5.30. The normalized spacial score (nSPS) is 17.7. The van der Waals surface area contributed by atoms with Gasteiger partial charge in [-0.2, -0.15) is 0 Å². The number of likely N-dealkylation sites (N-methyl/N-ethyl adjacent to an activating group) is 1. The van der Waals surface area contributed by atoms with E-state index in [4.69, 9.17) is 0 Å². The smallest absolute Gasteiger partial charge is 0.245 e. The average molecular weight is 331 g/mol. The Labute approximate surface area is 140 Å². The Morgan fingerprint density at radius 1 is 1.35 bits per heavy atom. The van der Waals surface area contributed by atoms with Crippen LogP contribution in [0.4, 0.5) is 0 Å². The molecule has 1 fully saturated rings. The van der Waals surface area contributed by atoms with Crippen molar-refractivity contribution in [2.75, 3.05) is 25.7 Å². The first-order valence-electron chi connectivity index (χ1n) is 7.63. The molecule has 1 aliphatic heterocycles. The van der Waals surface area contributed by atoms with Crippen LogP contribution >= 0.6 is 11.8 Å². The number of rotatable bonds is 3. The monoisotopic (exact) mass is 331 g/mol. The molecular formula is C17H21N3O2S. The van der Waals surface area contributed by atoms with Crippen LogP contribution in [0, 0.1) is 6.92 Å². The molecule has 0 aliphatic carbocycles. The van der Waals surface area contributed by atoms with Crippen molar-refractivity contribution in [3.05, 3.63) is 35.5 Å². The SMILES string of the molecule is Cc1[nH]c2ccccc2c1CC(=O)N1CSC[C@H]1C(=O)N(C)C. The van der Waals surface area contributed by atoms with Gasteiger partial charge in [0, 0.05) is 36.4 Å². The van der Waals surface area contributed by atoms with Crippen LogP contribution in [0.5, 0.6) is 0 Å². The predicted molar refractivity (Wildman–Crippen MR) is 93.4 cm³/mol. The lowest BCUT2D eigenvalue weighted by Crippen LogP contribution is -2.47. The Bertz CT molecular complexity index is 753. The molecule has 2 aromatic rings. The summed E-state index contributed by atoms with van der Waals surface area (Å²) in [5.41, 5.74) is 3.09. The summed E-state index contributed by atoms with van der Waals surface area (Å²) in [7, 11) is 3.47. The van der Waals surface area contributed by atoms with Gasteiger partial charge in [0.1, 0.15) is 6.04 Å². The molecular weight excluding hydrogens is 310 g/mol. The van der Waals surface area contributed by atoms with Gasteiger partial charge in [-0.05, 0) is 18.6 Å². The van der Waals surface area contributed by atoms with E-state index in [1.807, 2.05) is 31.2 Å². The van der Waals surface area contributed by atoms with E-state index in [-0.39, 0.29) is 17.9 Å². The summed E-state index contributed by atoms with van der Waals surface area (Å²) in [6, 6.07) is 7.66. The molecule has 1 N–H and O–H groups in total. The van der Waals surface area contributed by atoms with Gasteiger partial charge in [0.05, 0.1) is 12.3 Å². The first-order chi connectivity index (χ1) is 11.0. The summed E-state index contributed by atoms with van der Waals surface area (Å²) in [6.45, 7) is 1.99. The molecule has 5 nitrogen and oxygen atoms in total. The molecule has 1 aromatic carbocycles. The van der Waals surface area contributed by atoms with Crippen LogP contribution in [-0.4, -0.2) is 58.4 Å². The van der Waals surface area contributed by atoms with Crippen LogP contribution < -0.4 is 0 Å². The number of thioether (sulfide) groups is 1. The molecule has 23 heavy (non-hydrogen) atoms. The van der Waals surface area contributed by atoms with Crippen LogP contribution in [0.1, 0.15) is 11.3 Å². The molecule has 0 spiro atoms. The van der Waals surface area contributed by atoms with E-state index in [1.54, 1.807) is 35.7 Å². The van der Waals surface area contributed by atoms with Crippen molar-refractivity contribution in [3.8, 4) is 0 Å². The molecule has 0 unspecified atom stereocenters. The third kappa shape index (κ3) is 2.95. The highest BCUT2D eigenvalue weighted by molar-refractivity contribution is 7.99. The maximum Gasteiger partial charge on any atom is 0.245 e. The van der Waals surface area contributed by atoms with Crippen molar-refractivity contribution in [2.45, 2.75) is 19.4 Å². The van der Waals surface area contributed by atoms with E-state index in [9.17, 15) is 9.59 Å². The van der Waals surface area contributed by atoms with Gasteiger partial charge in [0.2, 0.25) is 11.8 Å². The molecule has 6 heteroatoms. The van der Waals surface area contributed by atoms with Gasteiger partial charge in [-0.1, -0.05) is 18.2 Å². The van der Waals surface area contributed by atoms with Crippen LogP contribution in [0.3, 0.4) is 0 Å². The Hall–Kier alpha value is -1.95. The van der Waals surface area contributed by atoms with Crippen LogP contribution in [-0.2, 0) is 16.0 Å². The zero-order chi connectivity index (χ0) is 16.6. The van der Waals surface area contributed by atoms with Crippen molar-refractivity contribution < 1.29 is 9.59 Å². The summed E-state index contributed by atoms with van der Waals surface area (Å²) < 4.78 is 0. The Balaban J connectivity index is 1.83. The zero-order valence-electron chi connectivity index (χ0n) is 13.6. The number of carbonyl (C=O) groups excluding carboxylic acids is 2. The number of aryl methyl sites for hydroxylation is 1. The minimum absolute atomic E-state index is 0.000927. The highest BCUT2D eigenvalue weighted by Crippen LogP contribution is 2.26. The fraction of sp³-hybridized carbons (Fsp3) is 0.412. The molecule has 1 atom stereocenters. The number of aromatic amines is 1. The summed E-state index contributed by atoms with van der Waals surface area (Å²) >= 11 is 1.63. The van der Waals surface area contributed by atoms with Crippen LogP contribution in [0.2, 0.25) is 0 Å². The van der Waals surface area contributed by atoms with Gasteiger partial charge in [-0.15, -0.1) is 11.8 Å². The van der Waals surface area contributed by atoms with E-state index >= 15 is 0 Å². The van der Waals surface area contributed by atoms with Crippen molar-refractivity contribution in [2.24, 2.45) is 0 Å². The van der Waals surface area contributed by atoms with E-state index in [0.717, 1.165) is 22.2 Å². The number of amides is 2. The summed E-state index contributed by atoms with van der Waals surface area (Å²) in [6.07, 6.45) is 0.327. The van der Waals surface area contributed by atoms with Gasteiger partial charge in [0.25, 0.3) is 0 Å². The van der Waals surface area contributed by atoms with Gasteiger partial charge in [-0.3, -0.25) is 9.59 Å². The lowest BCUT2D eigenvalue weighted by molar-refractivity contribution is -0.141. The number of hydrogen-bond donors (Lipinski definition) is 1. The quantitative estimate of drug-likeness (QED) is 0.936. The summed E-state index contributed by atoms with van der Waals surface area (Å²) in [5, 5.41) is 1.08. The first-order valence-corrected chi connectivity index (χ1v) is 8.79. The molecule has 2 amide bonds. The van der Waals surface area contributed by atoms with Gasteiger partial charge in [-0.25, -0.2) is 0 Å². The number of benzene rings is 1. The number of carbonyl (C=O) groups is 2. The van der Waals surface area contributed by atoms with Crippen molar-refractivity contribution in [1.29, 1.82) is 0 Å². The topological polar surface area (TPSA) is 56.4 Å². The fourth-order valence-corrected chi connectivity index (χ4v) is 4.18.